The molecular weight excluding hydrogens is 236 g/mol. The third-order valence-corrected chi connectivity index (χ3v) is 3.27. The van der Waals surface area contributed by atoms with E-state index >= 15 is 0 Å². The van der Waals surface area contributed by atoms with Gasteiger partial charge in [-0.15, -0.1) is 0 Å². The van der Waals surface area contributed by atoms with Crippen LogP contribution in [-0.2, 0) is 16.8 Å². The lowest BCUT2D eigenvalue weighted by Gasteiger charge is -2.30. The molecule has 0 atom stereocenters. The third kappa shape index (κ3) is 3.17. The van der Waals surface area contributed by atoms with Crippen LogP contribution in [0.25, 0.3) is 0 Å². The molecule has 1 aromatic heterocycles. The van der Waals surface area contributed by atoms with Crippen molar-refractivity contribution in [3.63, 3.8) is 0 Å². The van der Waals surface area contributed by atoms with Crippen molar-refractivity contribution < 1.29 is 4.74 Å². The van der Waals surface area contributed by atoms with Gasteiger partial charge < -0.3 is 4.74 Å². The van der Waals surface area contributed by atoms with E-state index in [9.17, 15) is 0 Å². The Labute approximate surface area is 109 Å². The molecule has 0 aliphatic heterocycles. The molecule has 3 nitrogen and oxygen atoms in total. The second kappa shape index (κ2) is 6.31. The van der Waals surface area contributed by atoms with E-state index in [1.54, 1.807) is 0 Å². The van der Waals surface area contributed by atoms with Gasteiger partial charge in [-0.3, -0.25) is 0 Å². The predicted octanol–water partition coefficient (Wildman–Crippen LogP) is 3.74. The Morgan fingerprint density at radius 3 is 2.29 bits per heavy atom. The average Bonchev–Trinajstić information content (AvgIpc) is 2.35. The number of rotatable bonds is 6. The minimum Gasteiger partial charge on any atom is -0.367 e. The molecule has 1 rings (SSSR count). The number of hydrogen-bond acceptors (Lipinski definition) is 3. The molecule has 0 saturated carbocycles. The lowest BCUT2D eigenvalue weighted by molar-refractivity contribution is -0.0572. The number of aromatic nitrogens is 2. The van der Waals surface area contributed by atoms with Gasteiger partial charge in [0.2, 0.25) is 0 Å². The van der Waals surface area contributed by atoms with Crippen molar-refractivity contribution >= 4 is 11.6 Å². The highest BCUT2D eigenvalue weighted by Gasteiger charge is 2.32. The van der Waals surface area contributed by atoms with Gasteiger partial charge in [-0.05, 0) is 32.3 Å². The molecule has 0 N–H and O–H groups in total. The Kier molecular flexibility index (Phi) is 5.34. The standard InChI is InChI=1S/C13H21ClN2O/c1-5-10-9-11(14)16-12(15-10)13(6-2,7-3)17-8-4/h9H,5-8H2,1-4H3. The van der Waals surface area contributed by atoms with Crippen molar-refractivity contribution in [3.8, 4) is 0 Å². The van der Waals surface area contributed by atoms with Crippen LogP contribution in [0.4, 0.5) is 0 Å². The first-order valence-electron chi connectivity index (χ1n) is 6.29. The molecule has 0 unspecified atom stereocenters. The van der Waals surface area contributed by atoms with Crippen LogP contribution in [0.1, 0.15) is 52.1 Å². The molecule has 0 amide bonds. The van der Waals surface area contributed by atoms with Crippen molar-refractivity contribution in [3.05, 3.63) is 22.7 Å². The van der Waals surface area contributed by atoms with Crippen molar-refractivity contribution in [1.82, 2.24) is 9.97 Å². The van der Waals surface area contributed by atoms with Gasteiger partial charge in [0.15, 0.2) is 5.82 Å². The fraction of sp³-hybridized carbons (Fsp3) is 0.692. The number of halogens is 1. The zero-order chi connectivity index (χ0) is 12.9. The van der Waals surface area contributed by atoms with Gasteiger partial charge in [-0.25, -0.2) is 9.97 Å². The van der Waals surface area contributed by atoms with Crippen LogP contribution >= 0.6 is 11.6 Å². The van der Waals surface area contributed by atoms with Crippen molar-refractivity contribution in [2.75, 3.05) is 6.61 Å². The summed E-state index contributed by atoms with van der Waals surface area (Å²) in [4.78, 5) is 8.91. The maximum atomic E-state index is 6.04. The first-order chi connectivity index (χ1) is 8.11. The second-order valence-corrected chi connectivity index (χ2v) is 4.38. The largest absolute Gasteiger partial charge is 0.367 e. The molecule has 0 radical (unpaired) electrons. The molecule has 0 saturated heterocycles. The third-order valence-electron chi connectivity index (χ3n) is 3.08. The summed E-state index contributed by atoms with van der Waals surface area (Å²) in [6, 6.07) is 1.81. The molecule has 0 fully saturated rings. The van der Waals surface area contributed by atoms with Gasteiger partial charge in [0.25, 0.3) is 0 Å². The first-order valence-corrected chi connectivity index (χ1v) is 6.67. The summed E-state index contributed by atoms with van der Waals surface area (Å²) in [5.74, 6) is 0.716. The van der Waals surface area contributed by atoms with Crippen LogP contribution in [0.15, 0.2) is 6.07 Å². The normalized spacial score (nSPS) is 11.8. The lowest BCUT2D eigenvalue weighted by Crippen LogP contribution is -2.31. The topological polar surface area (TPSA) is 35.0 Å². The fourth-order valence-electron chi connectivity index (χ4n) is 1.96. The molecule has 96 valence electrons. The monoisotopic (exact) mass is 256 g/mol. The highest BCUT2D eigenvalue weighted by molar-refractivity contribution is 6.29. The molecule has 1 heterocycles. The van der Waals surface area contributed by atoms with E-state index in [2.05, 4.69) is 30.7 Å². The Hall–Kier alpha value is -0.670. The summed E-state index contributed by atoms with van der Waals surface area (Å²) in [7, 11) is 0. The van der Waals surface area contributed by atoms with E-state index in [0.717, 1.165) is 25.0 Å². The van der Waals surface area contributed by atoms with Gasteiger partial charge in [0.05, 0.1) is 0 Å². The highest BCUT2D eigenvalue weighted by atomic mass is 35.5. The highest BCUT2D eigenvalue weighted by Crippen LogP contribution is 2.31. The van der Waals surface area contributed by atoms with Gasteiger partial charge in [-0.1, -0.05) is 32.4 Å². The van der Waals surface area contributed by atoms with Crippen molar-refractivity contribution in [2.24, 2.45) is 0 Å². The van der Waals surface area contributed by atoms with E-state index < -0.39 is 5.60 Å². The fourth-order valence-corrected chi connectivity index (χ4v) is 2.17. The molecule has 17 heavy (non-hydrogen) atoms. The van der Waals surface area contributed by atoms with Gasteiger partial charge in [-0.2, -0.15) is 0 Å². The van der Waals surface area contributed by atoms with Crippen LogP contribution in [-0.4, -0.2) is 16.6 Å². The number of aryl methyl sites for hydroxylation is 1. The summed E-state index contributed by atoms with van der Waals surface area (Å²) in [6.45, 7) is 8.89. The molecule has 0 bridgehead atoms. The Morgan fingerprint density at radius 1 is 1.18 bits per heavy atom. The lowest BCUT2D eigenvalue weighted by atomic mass is 9.95. The Morgan fingerprint density at radius 2 is 1.82 bits per heavy atom. The zero-order valence-electron chi connectivity index (χ0n) is 11.1. The summed E-state index contributed by atoms with van der Waals surface area (Å²) < 4.78 is 5.88. The summed E-state index contributed by atoms with van der Waals surface area (Å²) in [5.41, 5.74) is 0.565. The van der Waals surface area contributed by atoms with Crippen LogP contribution in [0, 0.1) is 0 Å². The average molecular weight is 257 g/mol. The Bertz CT molecular complexity index is 364. The number of hydrogen-bond donors (Lipinski definition) is 0. The summed E-state index contributed by atoms with van der Waals surface area (Å²) in [6.07, 6.45) is 2.55. The molecule has 0 aliphatic rings. The minimum absolute atomic E-state index is 0.399. The van der Waals surface area contributed by atoms with E-state index in [1.807, 2.05) is 13.0 Å². The number of ether oxygens (including phenoxy) is 1. The van der Waals surface area contributed by atoms with Crippen LogP contribution in [0.2, 0.25) is 5.15 Å². The van der Waals surface area contributed by atoms with Crippen molar-refractivity contribution in [2.45, 2.75) is 52.6 Å². The first kappa shape index (κ1) is 14.4. The zero-order valence-corrected chi connectivity index (χ0v) is 11.8. The van der Waals surface area contributed by atoms with E-state index in [4.69, 9.17) is 16.3 Å². The SMILES string of the molecule is CCOC(CC)(CC)c1nc(Cl)cc(CC)n1. The van der Waals surface area contributed by atoms with E-state index in [-0.39, 0.29) is 0 Å². The predicted molar refractivity (Wildman–Crippen MR) is 70.3 cm³/mol. The maximum absolute atomic E-state index is 6.04. The van der Waals surface area contributed by atoms with Crippen LogP contribution < -0.4 is 0 Å². The maximum Gasteiger partial charge on any atom is 0.162 e. The van der Waals surface area contributed by atoms with Gasteiger partial charge in [0, 0.05) is 12.3 Å². The van der Waals surface area contributed by atoms with Gasteiger partial charge in [0.1, 0.15) is 10.8 Å². The molecule has 0 aliphatic carbocycles. The summed E-state index contributed by atoms with van der Waals surface area (Å²) in [5, 5.41) is 0.498. The van der Waals surface area contributed by atoms with Crippen LogP contribution in [0.3, 0.4) is 0 Å². The Balaban J connectivity index is 3.21. The number of nitrogens with zero attached hydrogens (tertiary/aromatic N) is 2. The van der Waals surface area contributed by atoms with Gasteiger partial charge >= 0.3 is 0 Å². The van der Waals surface area contributed by atoms with Crippen molar-refractivity contribution in [1.29, 1.82) is 0 Å². The summed E-state index contributed by atoms with van der Waals surface area (Å²) >= 11 is 6.04. The van der Waals surface area contributed by atoms with E-state index in [1.165, 1.54) is 0 Å². The second-order valence-electron chi connectivity index (χ2n) is 3.99. The smallest absolute Gasteiger partial charge is 0.162 e. The molecule has 0 aromatic carbocycles. The minimum atomic E-state index is -0.399. The van der Waals surface area contributed by atoms with Crippen LogP contribution in [0.5, 0.6) is 0 Å². The quantitative estimate of drug-likeness (QED) is 0.728. The van der Waals surface area contributed by atoms with E-state index in [0.29, 0.717) is 17.6 Å². The molecule has 4 heteroatoms. The molecule has 1 aromatic rings. The molecule has 0 spiro atoms. The molecular formula is C13H21ClN2O.